The van der Waals surface area contributed by atoms with Gasteiger partial charge in [-0.25, -0.2) is 24.5 Å². The first kappa shape index (κ1) is 30.4. The van der Waals surface area contributed by atoms with E-state index in [1.807, 2.05) is 0 Å². The third-order valence-corrected chi connectivity index (χ3v) is 9.34. The highest BCUT2D eigenvalue weighted by Crippen LogP contribution is 2.57. The number of thiol groups is 2. The number of nitrogens with zero attached hydrogens (tertiary/aromatic N) is 7. The van der Waals surface area contributed by atoms with E-state index >= 15 is 0 Å². The van der Waals surface area contributed by atoms with Crippen LogP contribution in [0.25, 0.3) is 22.3 Å². The number of nitrogens with one attached hydrogen (secondary N) is 1. The van der Waals surface area contributed by atoms with Crippen molar-refractivity contribution < 1.29 is 37.3 Å². The van der Waals surface area contributed by atoms with Crippen molar-refractivity contribution in [1.82, 2.24) is 39.0 Å². The largest absolute Gasteiger partial charge is 0.394 e. The van der Waals surface area contributed by atoms with Gasteiger partial charge in [0, 0.05) is 12.8 Å². The third kappa shape index (κ3) is 6.19. The number of nitrogen functional groups attached to an aromatic ring is 2. The Morgan fingerprint density at radius 2 is 1.88 bits per heavy atom. The minimum Gasteiger partial charge on any atom is -0.394 e. The van der Waals surface area contributed by atoms with Crippen molar-refractivity contribution in [2.24, 2.45) is 0 Å². The zero-order valence-electron chi connectivity index (χ0n) is 21.9. The van der Waals surface area contributed by atoms with Crippen molar-refractivity contribution in [3.05, 3.63) is 29.3 Å². The number of aromatic nitrogens is 8. The highest BCUT2D eigenvalue weighted by atomic mass is 32.7. The Labute approximate surface area is 252 Å². The first-order chi connectivity index (χ1) is 20.5. The molecule has 6 heterocycles. The summed E-state index contributed by atoms with van der Waals surface area (Å²) in [4.78, 5) is 35.1. The Kier molecular flexibility index (Phi) is 8.55. The summed E-state index contributed by atoms with van der Waals surface area (Å²) in [6, 6.07) is 0. The molecule has 43 heavy (non-hydrogen) atoms. The monoisotopic (exact) mass is 676 g/mol. The minimum absolute atomic E-state index is 0.00317. The van der Waals surface area contributed by atoms with E-state index in [1.54, 1.807) is 4.57 Å². The van der Waals surface area contributed by atoms with E-state index in [2.05, 4.69) is 54.4 Å². The van der Waals surface area contributed by atoms with Crippen LogP contribution >= 0.6 is 38.5 Å². The molecule has 23 heteroatoms. The van der Waals surface area contributed by atoms with Crippen LogP contribution < -0.4 is 17.0 Å². The lowest BCUT2D eigenvalue weighted by molar-refractivity contribution is -0.0503. The maximum Gasteiger partial charge on any atom is 0.386 e. The van der Waals surface area contributed by atoms with E-state index in [-0.39, 0.29) is 49.0 Å². The number of anilines is 2. The quantitative estimate of drug-likeness (QED) is 0.100. The van der Waals surface area contributed by atoms with Crippen LogP contribution in [0.3, 0.4) is 0 Å². The molecule has 4 aromatic heterocycles. The molecule has 6 N–H and O–H groups in total. The molecule has 19 nitrogen and oxygen atoms in total. The predicted octanol–water partition coefficient (Wildman–Crippen LogP) is 0.836. The van der Waals surface area contributed by atoms with Crippen molar-refractivity contribution in [3.63, 3.8) is 0 Å². The predicted molar refractivity (Wildman–Crippen MR) is 157 cm³/mol. The highest BCUT2D eigenvalue weighted by Gasteiger charge is 2.44. The molecule has 6 rings (SSSR count). The molecule has 2 aliphatic heterocycles. The van der Waals surface area contributed by atoms with Gasteiger partial charge < -0.3 is 30.6 Å². The number of nitrogens with two attached hydrogens (primary N) is 2. The maximum absolute atomic E-state index is 13.4. The summed E-state index contributed by atoms with van der Waals surface area (Å²) in [7, 11) is -2.70. The molecule has 2 saturated heterocycles. The Morgan fingerprint density at radius 1 is 1.12 bits per heavy atom. The molecule has 0 aliphatic carbocycles. The number of H-pyrrole nitrogens is 1. The Bertz CT molecular complexity index is 1790. The maximum atomic E-state index is 13.4. The van der Waals surface area contributed by atoms with Gasteiger partial charge >= 0.3 is 6.80 Å². The Hall–Kier alpha value is -2.58. The lowest BCUT2D eigenvalue weighted by Crippen LogP contribution is -2.27. The summed E-state index contributed by atoms with van der Waals surface area (Å²) >= 11 is 8.03. The van der Waals surface area contributed by atoms with E-state index in [4.69, 9.17) is 34.5 Å². The Balaban J connectivity index is 1.18. The Morgan fingerprint density at radius 3 is 2.65 bits per heavy atom. The lowest BCUT2D eigenvalue weighted by Gasteiger charge is -2.24. The fraction of sp³-hybridized carbons (Fsp3) is 0.500. The first-order valence-corrected chi connectivity index (χ1v) is 18.0. The molecule has 8 atom stereocenters. The molecule has 0 aromatic carbocycles. The van der Waals surface area contributed by atoms with Crippen LogP contribution in [0.2, 0.25) is 0 Å². The van der Waals surface area contributed by atoms with Crippen LogP contribution in [0.15, 0.2) is 23.8 Å². The van der Waals surface area contributed by atoms with Gasteiger partial charge in [-0.05, 0) is 0 Å². The summed E-state index contributed by atoms with van der Waals surface area (Å²) in [5.41, 5.74) is 11.9. The SMILES string of the molecule is Nc1nc2c(ncn2[C@@H]2O[C@H](CO)C[C@@H]2OP(=O)(S)OC[C@H]2O[C@@H](n3cnc4c(N)ncnc43)C[C@H]2O[PH](=O)S)c(=O)[nH]1. The zero-order chi connectivity index (χ0) is 30.5. The number of fused-ring (bicyclic) bond motifs is 2. The van der Waals surface area contributed by atoms with Crippen molar-refractivity contribution >= 4 is 72.6 Å². The summed E-state index contributed by atoms with van der Waals surface area (Å²) in [6.45, 7) is -4.83. The van der Waals surface area contributed by atoms with Crippen molar-refractivity contribution in [1.29, 1.82) is 0 Å². The van der Waals surface area contributed by atoms with Gasteiger partial charge in [-0.1, -0.05) is 24.5 Å². The second-order valence-corrected chi connectivity index (χ2v) is 14.4. The van der Waals surface area contributed by atoms with Crippen LogP contribution in [-0.4, -0.2) is 81.8 Å². The number of ether oxygens (including phenoxy) is 2. The average molecular weight is 677 g/mol. The minimum atomic E-state index is -4.13. The van der Waals surface area contributed by atoms with Crippen LogP contribution in [-0.2, 0) is 32.2 Å². The molecule has 4 aromatic rings. The van der Waals surface area contributed by atoms with Crippen molar-refractivity contribution in [2.75, 3.05) is 24.7 Å². The normalized spacial score (nSPS) is 28.1. The number of aromatic amines is 1. The topological polar surface area (TPSA) is 260 Å². The van der Waals surface area contributed by atoms with Crippen molar-refractivity contribution in [2.45, 2.75) is 49.7 Å². The second-order valence-electron chi connectivity index (χ2n) is 9.62. The summed E-state index contributed by atoms with van der Waals surface area (Å²) < 4.78 is 57.2. The molecule has 2 fully saturated rings. The van der Waals surface area contributed by atoms with Crippen LogP contribution in [0, 0.1) is 0 Å². The fourth-order valence-electron chi connectivity index (χ4n) is 5.03. The van der Waals surface area contributed by atoms with Gasteiger partial charge in [0.15, 0.2) is 28.9 Å². The van der Waals surface area contributed by atoms with E-state index in [1.165, 1.54) is 23.5 Å². The van der Waals surface area contributed by atoms with Crippen LogP contribution in [0.5, 0.6) is 0 Å². The molecule has 0 amide bonds. The van der Waals surface area contributed by atoms with E-state index in [0.717, 1.165) is 0 Å². The van der Waals surface area contributed by atoms with Gasteiger partial charge in [0.25, 0.3) is 5.56 Å². The first-order valence-electron chi connectivity index (χ1n) is 12.7. The van der Waals surface area contributed by atoms with E-state index < -0.39 is 56.5 Å². The van der Waals surface area contributed by atoms with E-state index in [0.29, 0.717) is 11.2 Å². The summed E-state index contributed by atoms with van der Waals surface area (Å²) in [5.74, 6) is 0.0435. The molecule has 0 saturated carbocycles. The number of hydrogen-bond acceptors (Lipinski definition) is 16. The lowest BCUT2D eigenvalue weighted by atomic mass is 10.2. The van der Waals surface area contributed by atoms with Crippen LogP contribution in [0.4, 0.5) is 11.8 Å². The zero-order valence-corrected chi connectivity index (χ0v) is 25.5. The number of aliphatic hydroxyl groups excluding tert-OH is 1. The number of aliphatic hydroxyl groups is 1. The second kappa shape index (κ2) is 12.1. The molecule has 2 aliphatic rings. The molecule has 0 radical (unpaired) electrons. The number of imidazole rings is 2. The van der Waals surface area contributed by atoms with Gasteiger partial charge in [-0.2, -0.15) is 4.98 Å². The molecule has 232 valence electrons. The third-order valence-electron chi connectivity index (χ3n) is 6.87. The van der Waals surface area contributed by atoms with Crippen LogP contribution in [0.1, 0.15) is 25.3 Å². The molecule has 0 spiro atoms. The van der Waals surface area contributed by atoms with Crippen molar-refractivity contribution in [3.8, 4) is 0 Å². The van der Waals surface area contributed by atoms with E-state index in [9.17, 15) is 19.0 Å². The number of hydrogen-bond donors (Lipinski definition) is 6. The molecular weight excluding hydrogens is 650 g/mol. The fourth-order valence-corrected chi connectivity index (χ4v) is 7.43. The standard InChI is InChI=1S/C20H26N10O9P2S2/c21-15-13-16(24-5-23-15)29(6-25-13)12-2-9(38-40(33)42)11(37-12)4-35-41(34,43)39-10-1-8(3-31)36-19(10)30-7-26-14-17(30)27-20(22)28-18(14)32/h5-12,19,31,40H,1-4H2,(H,33,42)(H,34,43)(H2,21,23,24)(H3,22,27,28,32)/t8-,9+,10-,11+,12+,19+,41?/m0/s1. The van der Waals surface area contributed by atoms with Gasteiger partial charge in [0.2, 0.25) is 13.2 Å². The highest BCUT2D eigenvalue weighted by molar-refractivity contribution is 8.44. The molecule has 0 bridgehead atoms. The average Bonchev–Trinajstić information content (AvgIpc) is 3.72. The summed E-state index contributed by atoms with van der Waals surface area (Å²) in [6.07, 6.45) is -0.638. The molecule has 2 unspecified atom stereocenters. The summed E-state index contributed by atoms with van der Waals surface area (Å²) in [5, 5.41) is 9.73. The van der Waals surface area contributed by atoms with Gasteiger partial charge in [0.1, 0.15) is 30.3 Å². The smallest absolute Gasteiger partial charge is 0.386 e. The molecular formula is C20H26N10O9P2S2. The van der Waals surface area contributed by atoms with Gasteiger partial charge in [-0.15, -0.1) is 0 Å². The van der Waals surface area contributed by atoms with Gasteiger partial charge in [0.05, 0.1) is 38.1 Å². The number of rotatable bonds is 10. The van der Waals surface area contributed by atoms with Gasteiger partial charge in [-0.3, -0.25) is 32.5 Å².